The van der Waals surface area contributed by atoms with Crippen LogP contribution < -0.4 is 15.8 Å². The number of hydrogen-bond acceptors (Lipinski definition) is 6. The molecule has 3 amide bonds. The van der Waals surface area contributed by atoms with Gasteiger partial charge in [-0.2, -0.15) is 0 Å². The summed E-state index contributed by atoms with van der Waals surface area (Å²) in [6, 6.07) is 8.16. The first-order valence-electron chi connectivity index (χ1n) is 10.2. The summed E-state index contributed by atoms with van der Waals surface area (Å²) in [4.78, 5) is 34.8. The number of aryl methyl sites for hydroxylation is 1. The van der Waals surface area contributed by atoms with Crippen LogP contribution in [0.25, 0.3) is 0 Å². The van der Waals surface area contributed by atoms with Crippen LogP contribution in [0.4, 0.5) is 10.5 Å². The van der Waals surface area contributed by atoms with E-state index in [0.717, 1.165) is 11.1 Å². The first-order chi connectivity index (χ1) is 15.1. The zero-order valence-corrected chi connectivity index (χ0v) is 20.3. The number of anilines is 1. The van der Waals surface area contributed by atoms with Gasteiger partial charge in [0.1, 0.15) is 0 Å². The minimum Gasteiger partial charge on any atom is -0.449 e. The lowest BCUT2D eigenvalue weighted by Crippen LogP contribution is -2.42. The minimum atomic E-state index is -3.89. The van der Waals surface area contributed by atoms with Gasteiger partial charge in [0.2, 0.25) is 0 Å². The molecular weight excluding hydrogens is 446 g/mol. The van der Waals surface area contributed by atoms with Crippen LogP contribution in [0.1, 0.15) is 54.7 Å². The van der Waals surface area contributed by atoms with E-state index in [1.807, 2.05) is 39.1 Å². The predicted octanol–water partition coefficient (Wildman–Crippen LogP) is 3.14. The second-order valence-electron chi connectivity index (χ2n) is 8.75. The van der Waals surface area contributed by atoms with E-state index >= 15 is 0 Å². The molecular formula is C23H29N3O6S. The standard InChI is InChI=1S/C23H29N3O6S/c1-13-11-17(23(4,5)6)12-19(14(13)2)33(30,31)26-18-9-7-16(8-10-18)21(28)32-15(3)20(27)25-22(24)29/h7-12,15,26H,1-6H3,(H3,24,25,27,29). The molecule has 2 rings (SSSR count). The van der Waals surface area contributed by atoms with Crippen LogP contribution in [0, 0.1) is 13.8 Å². The van der Waals surface area contributed by atoms with E-state index in [-0.39, 0.29) is 21.6 Å². The number of esters is 1. The van der Waals surface area contributed by atoms with Crippen molar-refractivity contribution in [1.29, 1.82) is 0 Å². The average Bonchev–Trinajstić information content (AvgIpc) is 2.68. The number of sulfonamides is 1. The Hall–Kier alpha value is -3.40. The van der Waals surface area contributed by atoms with Crippen LogP contribution in [0.2, 0.25) is 0 Å². The number of nitrogens with two attached hydrogens (primary N) is 1. The lowest BCUT2D eigenvalue weighted by Gasteiger charge is -2.22. The largest absolute Gasteiger partial charge is 0.449 e. The summed E-state index contributed by atoms with van der Waals surface area (Å²) >= 11 is 0. The van der Waals surface area contributed by atoms with E-state index in [2.05, 4.69) is 4.72 Å². The van der Waals surface area contributed by atoms with Gasteiger partial charge in [0.05, 0.1) is 10.5 Å². The van der Waals surface area contributed by atoms with Crippen molar-refractivity contribution in [2.75, 3.05) is 4.72 Å². The van der Waals surface area contributed by atoms with Crippen molar-refractivity contribution in [3.8, 4) is 0 Å². The quantitative estimate of drug-likeness (QED) is 0.547. The molecule has 2 aromatic carbocycles. The average molecular weight is 476 g/mol. The van der Waals surface area contributed by atoms with Gasteiger partial charge in [-0.1, -0.05) is 26.8 Å². The molecule has 10 heteroatoms. The van der Waals surface area contributed by atoms with Gasteiger partial charge in [0.25, 0.3) is 15.9 Å². The number of urea groups is 1. The van der Waals surface area contributed by atoms with Gasteiger partial charge in [0.15, 0.2) is 6.10 Å². The van der Waals surface area contributed by atoms with Gasteiger partial charge in [-0.3, -0.25) is 14.8 Å². The Bertz CT molecular complexity index is 1180. The molecule has 0 spiro atoms. The summed E-state index contributed by atoms with van der Waals surface area (Å²) in [5.41, 5.74) is 7.41. The minimum absolute atomic E-state index is 0.0958. The Morgan fingerprint density at radius 3 is 2.12 bits per heavy atom. The molecule has 0 aliphatic carbocycles. The fraction of sp³-hybridized carbons (Fsp3) is 0.348. The number of primary amides is 1. The molecule has 4 N–H and O–H groups in total. The molecule has 0 aliphatic heterocycles. The summed E-state index contributed by atoms with van der Waals surface area (Å²) in [6.07, 6.45) is -1.25. The Morgan fingerprint density at radius 2 is 1.61 bits per heavy atom. The van der Waals surface area contributed by atoms with Gasteiger partial charge in [-0.05, 0) is 73.2 Å². The van der Waals surface area contributed by atoms with Crippen molar-refractivity contribution in [2.45, 2.75) is 58.0 Å². The molecule has 178 valence electrons. The number of nitrogens with one attached hydrogen (secondary N) is 2. The van der Waals surface area contributed by atoms with Crippen LogP contribution in [-0.4, -0.2) is 32.4 Å². The highest BCUT2D eigenvalue weighted by Crippen LogP contribution is 2.30. The Morgan fingerprint density at radius 1 is 1.03 bits per heavy atom. The van der Waals surface area contributed by atoms with Crippen LogP contribution in [0.5, 0.6) is 0 Å². The molecule has 0 heterocycles. The second kappa shape index (κ2) is 9.62. The third-order valence-corrected chi connectivity index (χ3v) is 6.56. The number of carbonyl (C=O) groups is 3. The normalized spacial score (nSPS) is 12.5. The smallest absolute Gasteiger partial charge is 0.338 e. The van der Waals surface area contributed by atoms with Crippen LogP contribution >= 0.6 is 0 Å². The monoisotopic (exact) mass is 475 g/mol. The molecule has 9 nitrogen and oxygen atoms in total. The highest BCUT2D eigenvalue weighted by molar-refractivity contribution is 7.92. The molecule has 2 aromatic rings. The number of rotatable bonds is 6. The highest BCUT2D eigenvalue weighted by Gasteiger charge is 2.24. The van der Waals surface area contributed by atoms with E-state index in [9.17, 15) is 22.8 Å². The van der Waals surface area contributed by atoms with E-state index in [1.165, 1.54) is 31.2 Å². The maximum atomic E-state index is 13.1. The molecule has 1 atom stereocenters. The predicted molar refractivity (Wildman–Crippen MR) is 124 cm³/mol. The molecule has 0 bridgehead atoms. The van der Waals surface area contributed by atoms with Crippen LogP contribution in [0.15, 0.2) is 41.3 Å². The van der Waals surface area contributed by atoms with E-state index in [0.29, 0.717) is 5.56 Å². The third-order valence-electron chi connectivity index (χ3n) is 5.05. The number of amides is 3. The third kappa shape index (κ3) is 6.55. The van der Waals surface area contributed by atoms with E-state index in [1.54, 1.807) is 13.0 Å². The first kappa shape index (κ1) is 25.9. The molecule has 0 fully saturated rings. The number of hydrogen-bond donors (Lipinski definition) is 3. The molecule has 0 saturated heterocycles. The maximum absolute atomic E-state index is 13.1. The summed E-state index contributed by atoms with van der Waals surface area (Å²) in [7, 11) is -3.89. The topological polar surface area (TPSA) is 145 Å². The summed E-state index contributed by atoms with van der Waals surface area (Å²) in [5, 5.41) is 1.82. The van der Waals surface area contributed by atoms with Gasteiger partial charge in [-0.15, -0.1) is 0 Å². The highest BCUT2D eigenvalue weighted by atomic mass is 32.2. The Kier molecular flexibility index (Phi) is 7.53. The molecule has 0 aromatic heterocycles. The van der Waals surface area contributed by atoms with Crippen LogP contribution in [-0.2, 0) is 25.0 Å². The summed E-state index contributed by atoms with van der Waals surface area (Å²) in [6.45, 7) is 10.9. The molecule has 33 heavy (non-hydrogen) atoms. The first-order valence-corrected chi connectivity index (χ1v) is 11.7. The fourth-order valence-electron chi connectivity index (χ4n) is 2.93. The van der Waals surface area contributed by atoms with Crippen molar-refractivity contribution in [3.63, 3.8) is 0 Å². The Labute approximate surface area is 193 Å². The number of carbonyl (C=O) groups excluding carboxylic acids is 3. The molecule has 0 saturated carbocycles. The van der Waals surface area contributed by atoms with E-state index in [4.69, 9.17) is 10.5 Å². The van der Waals surface area contributed by atoms with Gasteiger partial charge in [-0.25, -0.2) is 18.0 Å². The number of imide groups is 1. The summed E-state index contributed by atoms with van der Waals surface area (Å²) < 4.78 is 33.7. The fourth-order valence-corrected chi connectivity index (χ4v) is 4.33. The summed E-state index contributed by atoms with van der Waals surface area (Å²) in [5.74, 6) is -1.68. The molecule has 0 radical (unpaired) electrons. The van der Waals surface area contributed by atoms with Crippen molar-refractivity contribution in [2.24, 2.45) is 5.73 Å². The number of ether oxygens (including phenoxy) is 1. The van der Waals surface area contributed by atoms with Gasteiger partial charge >= 0.3 is 12.0 Å². The van der Waals surface area contributed by atoms with Crippen molar-refractivity contribution in [3.05, 3.63) is 58.7 Å². The molecule has 1 unspecified atom stereocenters. The SMILES string of the molecule is Cc1cc(C(C)(C)C)cc(S(=O)(=O)Nc2ccc(C(=O)OC(C)C(=O)NC(N)=O)cc2)c1C. The second-order valence-corrected chi connectivity index (χ2v) is 10.4. The van der Waals surface area contributed by atoms with Crippen LogP contribution in [0.3, 0.4) is 0 Å². The van der Waals surface area contributed by atoms with E-state index < -0.39 is 34.0 Å². The number of benzene rings is 2. The Balaban J connectivity index is 2.21. The van der Waals surface area contributed by atoms with Gasteiger partial charge < -0.3 is 10.5 Å². The van der Waals surface area contributed by atoms with Crippen molar-refractivity contribution in [1.82, 2.24) is 5.32 Å². The van der Waals surface area contributed by atoms with Crippen molar-refractivity contribution >= 4 is 33.6 Å². The molecule has 0 aliphatic rings. The lowest BCUT2D eigenvalue weighted by molar-refractivity contribution is -0.127. The lowest BCUT2D eigenvalue weighted by atomic mass is 9.85. The van der Waals surface area contributed by atoms with Crippen molar-refractivity contribution < 1.29 is 27.5 Å². The maximum Gasteiger partial charge on any atom is 0.338 e. The zero-order chi connectivity index (χ0) is 25.1. The van der Waals surface area contributed by atoms with Gasteiger partial charge in [0, 0.05) is 5.69 Å². The zero-order valence-electron chi connectivity index (χ0n) is 19.5.